The van der Waals surface area contributed by atoms with Gasteiger partial charge in [-0.1, -0.05) is 0 Å². The van der Waals surface area contributed by atoms with Crippen molar-refractivity contribution in [2.45, 2.75) is 31.4 Å². The Morgan fingerprint density at radius 2 is 2.23 bits per heavy atom. The van der Waals surface area contributed by atoms with Crippen LogP contribution in [0.3, 0.4) is 0 Å². The maximum Gasteiger partial charge on any atom is 0.128 e. The van der Waals surface area contributed by atoms with E-state index in [0.29, 0.717) is 12.1 Å². The molecule has 2 saturated heterocycles. The zero-order valence-electron chi connectivity index (χ0n) is 13.0. The van der Waals surface area contributed by atoms with Crippen LogP contribution in [0.5, 0.6) is 0 Å². The van der Waals surface area contributed by atoms with Crippen LogP contribution in [0.2, 0.25) is 0 Å². The summed E-state index contributed by atoms with van der Waals surface area (Å²) in [6.45, 7) is 3.95. The second-order valence-corrected chi connectivity index (χ2v) is 5.64. The molecule has 0 saturated carbocycles. The lowest BCUT2D eigenvalue weighted by molar-refractivity contribution is 0.120. The van der Waals surface area contributed by atoms with Gasteiger partial charge in [-0.25, -0.2) is 4.98 Å². The molecule has 0 radical (unpaired) electrons. The smallest absolute Gasteiger partial charge is 0.128 e. The van der Waals surface area contributed by atoms with Gasteiger partial charge in [0.2, 0.25) is 0 Å². The van der Waals surface area contributed by atoms with Crippen molar-refractivity contribution in [2.24, 2.45) is 0 Å². The summed E-state index contributed by atoms with van der Waals surface area (Å²) in [7, 11) is 2.04. The fourth-order valence-corrected chi connectivity index (χ4v) is 2.97. The van der Waals surface area contributed by atoms with Crippen LogP contribution in [0.1, 0.15) is 19.3 Å². The SMILES string of the molecule is CN[C@@H]1CCN(c2ccnc(NCC3CCCO3)c2)C1.Cl.Cl. The highest BCUT2D eigenvalue weighted by Crippen LogP contribution is 2.22. The first kappa shape index (κ1) is 19.3. The molecule has 126 valence electrons. The lowest BCUT2D eigenvalue weighted by atomic mass is 10.2. The third-order valence-corrected chi connectivity index (χ3v) is 4.24. The topological polar surface area (TPSA) is 49.4 Å². The highest BCUT2D eigenvalue weighted by molar-refractivity contribution is 5.85. The van der Waals surface area contributed by atoms with Crippen LogP contribution in [-0.4, -0.2) is 50.4 Å². The summed E-state index contributed by atoms with van der Waals surface area (Å²) in [5.41, 5.74) is 1.26. The molecule has 7 heteroatoms. The number of hydrogen-bond acceptors (Lipinski definition) is 5. The number of halogens is 2. The maximum atomic E-state index is 5.62. The summed E-state index contributed by atoms with van der Waals surface area (Å²) >= 11 is 0. The van der Waals surface area contributed by atoms with E-state index >= 15 is 0 Å². The summed E-state index contributed by atoms with van der Waals surface area (Å²) in [5, 5.41) is 6.75. The van der Waals surface area contributed by atoms with Crippen molar-refractivity contribution >= 4 is 36.3 Å². The molecule has 0 aliphatic carbocycles. The van der Waals surface area contributed by atoms with Crippen molar-refractivity contribution in [2.75, 3.05) is 43.5 Å². The van der Waals surface area contributed by atoms with Gasteiger partial charge in [0.15, 0.2) is 0 Å². The van der Waals surface area contributed by atoms with Crippen molar-refractivity contribution in [1.29, 1.82) is 0 Å². The molecule has 2 N–H and O–H groups in total. The number of aromatic nitrogens is 1. The number of nitrogens with one attached hydrogen (secondary N) is 2. The Morgan fingerprint density at radius 3 is 2.91 bits per heavy atom. The lowest BCUT2D eigenvalue weighted by Gasteiger charge is -2.19. The first-order chi connectivity index (χ1) is 9.85. The second-order valence-electron chi connectivity index (χ2n) is 5.64. The number of hydrogen-bond donors (Lipinski definition) is 2. The molecule has 5 nitrogen and oxygen atoms in total. The van der Waals surface area contributed by atoms with E-state index in [0.717, 1.165) is 38.5 Å². The van der Waals surface area contributed by atoms with E-state index in [2.05, 4.69) is 32.7 Å². The summed E-state index contributed by atoms with van der Waals surface area (Å²) < 4.78 is 5.62. The Balaban J connectivity index is 0.00000121. The summed E-state index contributed by atoms with van der Waals surface area (Å²) in [6, 6.07) is 4.84. The molecule has 2 atom stereocenters. The minimum Gasteiger partial charge on any atom is -0.376 e. The number of ether oxygens (including phenoxy) is 1. The molecule has 0 amide bonds. The molecule has 22 heavy (non-hydrogen) atoms. The fraction of sp³-hybridized carbons (Fsp3) is 0.667. The van der Waals surface area contributed by atoms with Crippen LogP contribution < -0.4 is 15.5 Å². The Bertz CT molecular complexity index is 443. The Labute approximate surface area is 145 Å². The van der Waals surface area contributed by atoms with Crippen LogP contribution in [-0.2, 0) is 4.74 Å². The summed E-state index contributed by atoms with van der Waals surface area (Å²) in [6.07, 6.45) is 5.78. The molecular weight excluding hydrogens is 323 g/mol. The molecule has 2 aliphatic heterocycles. The van der Waals surface area contributed by atoms with Crippen molar-refractivity contribution in [1.82, 2.24) is 10.3 Å². The summed E-state index contributed by atoms with van der Waals surface area (Å²) in [4.78, 5) is 6.82. The van der Waals surface area contributed by atoms with Gasteiger partial charge in [0.05, 0.1) is 6.10 Å². The zero-order valence-corrected chi connectivity index (χ0v) is 14.6. The molecule has 1 aromatic heterocycles. The molecule has 3 rings (SSSR count). The van der Waals surface area contributed by atoms with Gasteiger partial charge in [-0.2, -0.15) is 0 Å². The highest BCUT2D eigenvalue weighted by atomic mass is 35.5. The second kappa shape index (κ2) is 9.40. The van der Waals surface area contributed by atoms with Gasteiger partial charge in [0.25, 0.3) is 0 Å². The third kappa shape index (κ3) is 4.88. The first-order valence-corrected chi connectivity index (χ1v) is 7.59. The minimum absolute atomic E-state index is 0. The molecule has 0 spiro atoms. The molecule has 0 aromatic carbocycles. The minimum atomic E-state index is 0. The van der Waals surface area contributed by atoms with E-state index in [4.69, 9.17) is 4.74 Å². The van der Waals surface area contributed by atoms with Crippen LogP contribution in [0.25, 0.3) is 0 Å². The normalized spacial score (nSPS) is 23.8. The van der Waals surface area contributed by atoms with Gasteiger partial charge in [0, 0.05) is 50.2 Å². The summed E-state index contributed by atoms with van der Waals surface area (Å²) in [5.74, 6) is 0.950. The van der Waals surface area contributed by atoms with Crippen molar-refractivity contribution in [3.05, 3.63) is 18.3 Å². The standard InChI is InChI=1S/C15H24N4O.2ClH/c1-16-12-5-7-19(11-12)13-4-6-17-15(9-13)18-10-14-3-2-8-20-14;;/h4,6,9,12,14,16H,2-3,5,7-8,10-11H2,1H3,(H,17,18);2*1H/t12-,14?;;/m1../s1. The van der Waals surface area contributed by atoms with E-state index in [-0.39, 0.29) is 24.8 Å². The predicted molar refractivity (Wildman–Crippen MR) is 95.9 cm³/mol. The Kier molecular flexibility index (Phi) is 8.25. The Morgan fingerprint density at radius 1 is 1.36 bits per heavy atom. The number of anilines is 2. The van der Waals surface area contributed by atoms with E-state index in [1.165, 1.54) is 18.5 Å². The van der Waals surface area contributed by atoms with E-state index in [9.17, 15) is 0 Å². The maximum absolute atomic E-state index is 5.62. The molecule has 2 fully saturated rings. The van der Waals surface area contributed by atoms with Crippen LogP contribution in [0.4, 0.5) is 11.5 Å². The van der Waals surface area contributed by atoms with Crippen LogP contribution in [0.15, 0.2) is 18.3 Å². The lowest BCUT2D eigenvalue weighted by Crippen LogP contribution is -2.29. The number of pyridine rings is 1. The van der Waals surface area contributed by atoms with Crippen molar-refractivity contribution < 1.29 is 4.74 Å². The molecular formula is C15H26Cl2N4O. The van der Waals surface area contributed by atoms with Gasteiger partial charge in [-0.05, 0) is 32.4 Å². The molecule has 1 unspecified atom stereocenters. The molecule has 3 heterocycles. The highest BCUT2D eigenvalue weighted by Gasteiger charge is 2.21. The van der Waals surface area contributed by atoms with E-state index in [1.54, 1.807) is 0 Å². The molecule has 2 aliphatic rings. The van der Waals surface area contributed by atoms with Gasteiger partial charge in [0.1, 0.15) is 5.82 Å². The van der Waals surface area contributed by atoms with Gasteiger partial charge in [-0.3, -0.25) is 0 Å². The largest absolute Gasteiger partial charge is 0.376 e. The van der Waals surface area contributed by atoms with Crippen molar-refractivity contribution in [3.8, 4) is 0 Å². The van der Waals surface area contributed by atoms with E-state index in [1.807, 2.05) is 13.2 Å². The number of rotatable bonds is 5. The monoisotopic (exact) mass is 348 g/mol. The van der Waals surface area contributed by atoms with Crippen LogP contribution in [0, 0.1) is 0 Å². The number of likely N-dealkylation sites (N-methyl/N-ethyl adjacent to an activating group) is 1. The van der Waals surface area contributed by atoms with Gasteiger partial charge >= 0.3 is 0 Å². The van der Waals surface area contributed by atoms with E-state index < -0.39 is 0 Å². The average Bonchev–Trinajstić information content (AvgIpc) is 3.16. The van der Waals surface area contributed by atoms with Gasteiger partial charge in [-0.15, -0.1) is 24.8 Å². The fourth-order valence-electron chi connectivity index (χ4n) is 2.97. The molecule has 1 aromatic rings. The van der Waals surface area contributed by atoms with Crippen LogP contribution >= 0.6 is 24.8 Å². The number of nitrogens with zero attached hydrogens (tertiary/aromatic N) is 2. The zero-order chi connectivity index (χ0) is 13.8. The Hall–Kier alpha value is -0.750. The average molecular weight is 349 g/mol. The molecule has 0 bridgehead atoms. The van der Waals surface area contributed by atoms with Crippen molar-refractivity contribution in [3.63, 3.8) is 0 Å². The first-order valence-electron chi connectivity index (χ1n) is 7.59. The van der Waals surface area contributed by atoms with Gasteiger partial charge < -0.3 is 20.3 Å². The quantitative estimate of drug-likeness (QED) is 0.854. The predicted octanol–water partition coefficient (Wildman–Crippen LogP) is 2.31. The third-order valence-electron chi connectivity index (χ3n) is 4.24.